The molecule has 8 heteroatoms. The van der Waals surface area contributed by atoms with Gasteiger partial charge in [-0.3, -0.25) is 9.59 Å². The maximum atomic E-state index is 12.0. The van der Waals surface area contributed by atoms with Crippen molar-refractivity contribution in [1.82, 2.24) is 9.62 Å². The molecular weight excluding hydrogens is 366 g/mol. The van der Waals surface area contributed by atoms with Gasteiger partial charge in [0.25, 0.3) is 0 Å². The summed E-state index contributed by atoms with van der Waals surface area (Å²) in [4.78, 5) is 23.9. The van der Waals surface area contributed by atoms with E-state index >= 15 is 0 Å². The van der Waals surface area contributed by atoms with Gasteiger partial charge in [-0.2, -0.15) is 0 Å². The molecule has 2 aromatic rings. The third kappa shape index (κ3) is 6.19. The van der Waals surface area contributed by atoms with Crippen molar-refractivity contribution in [2.24, 2.45) is 0 Å². The Morgan fingerprint density at radius 2 is 1.56 bits per heavy atom. The van der Waals surface area contributed by atoms with Gasteiger partial charge in [-0.05, 0) is 29.8 Å². The van der Waals surface area contributed by atoms with Crippen molar-refractivity contribution in [2.45, 2.75) is 17.7 Å². The number of sulfonamides is 1. The first kappa shape index (κ1) is 20.6. The third-order valence-corrected chi connectivity index (χ3v) is 5.63. The molecule has 0 aliphatic rings. The molecule has 0 saturated carbocycles. The molecule has 0 bridgehead atoms. The topological polar surface area (TPSA) is 95.6 Å². The van der Waals surface area contributed by atoms with Crippen molar-refractivity contribution in [3.63, 3.8) is 0 Å². The van der Waals surface area contributed by atoms with Crippen molar-refractivity contribution in [2.75, 3.05) is 26.0 Å². The molecule has 0 radical (unpaired) electrons. The standard InChI is InChI=1S/C19H23N3O4S/c1-22(2)27(25,26)17-10-8-16(9-11-17)21-18(23)12-13-20-19(24)14-15-6-4-3-5-7-15/h3-11H,12-14H2,1-2H3,(H,20,24)(H,21,23). The smallest absolute Gasteiger partial charge is 0.242 e. The molecule has 27 heavy (non-hydrogen) atoms. The van der Waals surface area contributed by atoms with Crippen LogP contribution in [0.4, 0.5) is 5.69 Å². The minimum Gasteiger partial charge on any atom is -0.355 e. The van der Waals surface area contributed by atoms with E-state index in [4.69, 9.17) is 0 Å². The van der Waals surface area contributed by atoms with Crippen molar-refractivity contribution in [3.05, 3.63) is 60.2 Å². The second-order valence-electron chi connectivity index (χ2n) is 6.12. The maximum Gasteiger partial charge on any atom is 0.242 e. The van der Waals surface area contributed by atoms with Gasteiger partial charge in [-0.15, -0.1) is 0 Å². The quantitative estimate of drug-likeness (QED) is 0.717. The van der Waals surface area contributed by atoms with Gasteiger partial charge in [0.05, 0.1) is 11.3 Å². The lowest BCUT2D eigenvalue weighted by Crippen LogP contribution is -2.28. The summed E-state index contributed by atoms with van der Waals surface area (Å²) in [6.45, 7) is 0.227. The lowest BCUT2D eigenvalue weighted by molar-refractivity contribution is -0.120. The number of amides is 2. The first-order valence-corrected chi connectivity index (χ1v) is 9.86. The van der Waals surface area contributed by atoms with Gasteiger partial charge in [0.15, 0.2) is 0 Å². The van der Waals surface area contributed by atoms with E-state index in [1.165, 1.54) is 38.4 Å². The number of carbonyl (C=O) groups excluding carboxylic acids is 2. The molecule has 0 heterocycles. The Morgan fingerprint density at radius 1 is 0.926 bits per heavy atom. The molecule has 0 aliphatic carbocycles. The first-order chi connectivity index (χ1) is 12.8. The monoisotopic (exact) mass is 389 g/mol. The summed E-state index contributed by atoms with van der Waals surface area (Å²) in [5, 5.41) is 5.38. The van der Waals surface area contributed by atoms with Gasteiger partial charge in [-0.25, -0.2) is 12.7 Å². The molecule has 2 aromatic carbocycles. The van der Waals surface area contributed by atoms with Crippen LogP contribution in [-0.4, -0.2) is 45.2 Å². The number of rotatable bonds is 8. The van der Waals surface area contributed by atoms with Gasteiger partial charge in [-0.1, -0.05) is 30.3 Å². The lowest BCUT2D eigenvalue weighted by atomic mass is 10.1. The summed E-state index contributed by atoms with van der Waals surface area (Å²) >= 11 is 0. The van der Waals surface area contributed by atoms with Gasteiger partial charge in [0.2, 0.25) is 21.8 Å². The number of hydrogen-bond donors (Lipinski definition) is 2. The summed E-state index contributed by atoms with van der Waals surface area (Å²) in [5.41, 5.74) is 1.40. The molecular formula is C19H23N3O4S. The highest BCUT2D eigenvalue weighted by atomic mass is 32.2. The zero-order valence-corrected chi connectivity index (χ0v) is 16.1. The molecule has 0 fully saturated rings. The highest BCUT2D eigenvalue weighted by molar-refractivity contribution is 7.89. The summed E-state index contributed by atoms with van der Waals surface area (Å²) < 4.78 is 25.1. The Labute approximate surface area is 159 Å². The largest absolute Gasteiger partial charge is 0.355 e. The van der Waals surface area contributed by atoms with Crippen molar-refractivity contribution < 1.29 is 18.0 Å². The van der Waals surface area contributed by atoms with E-state index in [0.29, 0.717) is 5.69 Å². The second-order valence-corrected chi connectivity index (χ2v) is 8.27. The number of hydrogen-bond acceptors (Lipinski definition) is 4. The van der Waals surface area contributed by atoms with Gasteiger partial charge in [0, 0.05) is 32.7 Å². The Balaban J connectivity index is 1.78. The number of carbonyl (C=O) groups is 2. The van der Waals surface area contributed by atoms with E-state index in [-0.39, 0.29) is 36.1 Å². The highest BCUT2D eigenvalue weighted by Crippen LogP contribution is 2.16. The summed E-state index contributed by atoms with van der Waals surface area (Å²) in [5.74, 6) is -0.412. The lowest BCUT2D eigenvalue weighted by Gasteiger charge is -2.12. The first-order valence-electron chi connectivity index (χ1n) is 8.42. The van der Waals surface area contributed by atoms with Crippen molar-refractivity contribution >= 4 is 27.5 Å². The zero-order chi connectivity index (χ0) is 19.9. The van der Waals surface area contributed by atoms with Crippen LogP contribution in [-0.2, 0) is 26.0 Å². The molecule has 0 aliphatic heterocycles. The van der Waals surface area contributed by atoms with E-state index in [2.05, 4.69) is 10.6 Å². The van der Waals surface area contributed by atoms with Crippen LogP contribution < -0.4 is 10.6 Å². The molecule has 2 N–H and O–H groups in total. The molecule has 0 saturated heterocycles. The average molecular weight is 389 g/mol. The van der Waals surface area contributed by atoms with E-state index < -0.39 is 10.0 Å². The predicted molar refractivity (Wildman–Crippen MR) is 104 cm³/mol. The molecule has 0 atom stereocenters. The number of anilines is 1. The molecule has 0 aromatic heterocycles. The Hall–Kier alpha value is -2.71. The van der Waals surface area contributed by atoms with Crippen LogP contribution in [0.15, 0.2) is 59.5 Å². The molecule has 2 amide bonds. The van der Waals surface area contributed by atoms with E-state index in [9.17, 15) is 18.0 Å². The fourth-order valence-corrected chi connectivity index (χ4v) is 3.21. The van der Waals surface area contributed by atoms with Crippen LogP contribution in [0.3, 0.4) is 0 Å². The molecule has 144 valence electrons. The van der Waals surface area contributed by atoms with Crippen LogP contribution in [0, 0.1) is 0 Å². The van der Waals surface area contributed by atoms with Crippen LogP contribution in [0.25, 0.3) is 0 Å². The Morgan fingerprint density at radius 3 is 2.15 bits per heavy atom. The third-order valence-electron chi connectivity index (χ3n) is 3.80. The summed E-state index contributed by atoms with van der Waals surface area (Å²) in [6, 6.07) is 15.3. The zero-order valence-electron chi connectivity index (χ0n) is 15.3. The molecule has 2 rings (SSSR count). The Kier molecular flexibility index (Phi) is 7.09. The molecule has 0 spiro atoms. The van der Waals surface area contributed by atoms with Crippen LogP contribution in [0.5, 0.6) is 0 Å². The maximum absolute atomic E-state index is 12.0. The van der Waals surface area contributed by atoms with Gasteiger partial charge in [0.1, 0.15) is 0 Å². The fourth-order valence-electron chi connectivity index (χ4n) is 2.30. The number of nitrogens with zero attached hydrogens (tertiary/aromatic N) is 1. The predicted octanol–water partition coefficient (Wildman–Crippen LogP) is 1.62. The van der Waals surface area contributed by atoms with Gasteiger partial charge >= 0.3 is 0 Å². The second kappa shape index (κ2) is 9.29. The van der Waals surface area contributed by atoms with E-state index in [0.717, 1.165) is 9.87 Å². The van der Waals surface area contributed by atoms with Crippen LogP contribution in [0.2, 0.25) is 0 Å². The van der Waals surface area contributed by atoms with Crippen molar-refractivity contribution in [1.29, 1.82) is 0 Å². The Bertz CT molecular complexity index is 879. The molecule has 7 nitrogen and oxygen atoms in total. The SMILES string of the molecule is CN(C)S(=O)(=O)c1ccc(NC(=O)CCNC(=O)Cc2ccccc2)cc1. The fraction of sp³-hybridized carbons (Fsp3) is 0.263. The minimum atomic E-state index is -3.50. The summed E-state index contributed by atoms with van der Waals surface area (Å²) in [7, 11) is -0.588. The summed E-state index contributed by atoms with van der Waals surface area (Å²) in [6.07, 6.45) is 0.391. The van der Waals surface area contributed by atoms with Crippen molar-refractivity contribution in [3.8, 4) is 0 Å². The van der Waals surface area contributed by atoms with Crippen LogP contribution >= 0.6 is 0 Å². The van der Waals surface area contributed by atoms with Crippen LogP contribution in [0.1, 0.15) is 12.0 Å². The van der Waals surface area contributed by atoms with E-state index in [1.54, 1.807) is 0 Å². The van der Waals surface area contributed by atoms with Gasteiger partial charge < -0.3 is 10.6 Å². The number of benzene rings is 2. The average Bonchev–Trinajstić information content (AvgIpc) is 2.63. The van der Waals surface area contributed by atoms with E-state index in [1.807, 2.05) is 30.3 Å². The molecule has 0 unspecified atom stereocenters. The highest BCUT2D eigenvalue weighted by Gasteiger charge is 2.16. The normalized spacial score (nSPS) is 11.2. The minimum absolute atomic E-state index is 0.123. The number of nitrogens with one attached hydrogen (secondary N) is 2.